The summed E-state index contributed by atoms with van der Waals surface area (Å²) >= 11 is 0. The SMILES string of the molecule is NC1(c2noc(-c3cccc(OCc4cn5ccccc5n4)c3)n2)CCC1. The first-order valence-corrected chi connectivity index (χ1v) is 8.99. The predicted octanol–water partition coefficient (Wildman–Crippen LogP) is 3.30. The second-order valence-electron chi connectivity index (χ2n) is 6.95. The first-order valence-electron chi connectivity index (χ1n) is 8.99. The summed E-state index contributed by atoms with van der Waals surface area (Å²) in [6.45, 7) is 0.381. The Morgan fingerprint density at radius 3 is 2.89 bits per heavy atom. The number of imidazole rings is 1. The predicted molar refractivity (Wildman–Crippen MR) is 99.0 cm³/mol. The molecule has 0 bridgehead atoms. The molecule has 7 heteroatoms. The summed E-state index contributed by atoms with van der Waals surface area (Å²) in [7, 11) is 0. The third-order valence-electron chi connectivity index (χ3n) is 5.00. The minimum Gasteiger partial charge on any atom is -0.487 e. The first kappa shape index (κ1) is 16.0. The molecular formula is C20H19N5O2. The molecule has 0 spiro atoms. The monoisotopic (exact) mass is 361 g/mol. The van der Waals surface area contributed by atoms with Crippen LogP contribution in [0.3, 0.4) is 0 Å². The summed E-state index contributed by atoms with van der Waals surface area (Å²) in [6, 6.07) is 13.5. The number of ether oxygens (including phenoxy) is 1. The van der Waals surface area contributed by atoms with E-state index in [2.05, 4.69) is 15.1 Å². The van der Waals surface area contributed by atoms with Crippen molar-refractivity contribution in [2.45, 2.75) is 31.4 Å². The van der Waals surface area contributed by atoms with Gasteiger partial charge in [0.2, 0.25) is 0 Å². The number of aromatic nitrogens is 4. The van der Waals surface area contributed by atoms with Crippen molar-refractivity contribution >= 4 is 5.65 Å². The molecule has 0 saturated heterocycles. The van der Waals surface area contributed by atoms with Gasteiger partial charge in [-0.05, 0) is 49.6 Å². The Morgan fingerprint density at radius 1 is 1.15 bits per heavy atom. The molecule has 3 heterocycles. The van der Waals surface area contributed by atoms with Gasteiger partial charge in [0.25, 0.3) is 5.89 Å². The molecule has 1 saturated carbocycles. The number of pyridine rings is 1. The molecule has 3 aromatic heterocycles. The zero-order chi connectivity index (χ0) is 18.3. The maximum absolute atomic E-state index is 6.27. The lowest BCUT2D eigenvalue weighted by Gasteiger charge is -2.34. The number of hydrogen-bond acceptors (Lipinski definition) is 6. The molecule has 7 nitrogen and oxygen atoms in total. The number of fused-ring (bicyclic) bond motifs is 1. The standard InChI is InChI=1S/C20H19N5O2/c21-20(8-4-9-20)19-23-18(27-24-19)14-5-3-6-16(11-14)26-13-15-12-25-10-2-1-7-17(25)22-15/h1-3,5-7,10-12H,4,8-9,13,21H2. The summed E-state index contributed by atoms with van der Waals surface area (Å²) in [5.74, 6) is 1.76. The second-order valence-corrected chi connectivity index (χ2v) is 6.95. The number of nitrogens with two attached hydrogens (primary N) is 1. The highest BCUT2D eigenvalue weighted by molar-refractivity contribution is 5.55. The van der Waals surface area contributed by atoms with Crippen molar-refractivity contribution in [2.24, 2.45) is 5.73 Å². The number of nitrogens with zero attached hydrogens (tertiary/aromatic N) is 4. The molecule has 1 aliphatic carbocycles. The molecule has 5 rings (SSSR count). The van der Waals surface area contributed by atoms with Gasteiger partial charge in [-0.2, -0.15) is 4.98 Å². The number of benzene rings is 1. The summed E-state index contributed by atoms with van der Waals surface area (Å²) in [4.78, 5) is 9.03. The molecular weight excluding hydrogens is 342 g/mol. The van der Waals surface area contributed by atoms with E-state index in [0.29, 0.717) is 18.3 Å². The van der Waals surface area contributed by atoms with Crippen LogP contribution in [0.5, 0.6) is 5.75 Å². The van der Waals surface area contributed by atoms with E-state index < -0.39 is 5.54 Å². The van der Waals surface area contributed by atoms with Crippen molar-refractivity contribution in [1.82, 2.24) is 19.5 Å². The van der Waals surface area contributed by atoms with Gasteiger partial charge in [-0.15, -0.1) is 0 Å². The third-order valence-corrected chi connectivity index (χ3v) is 5.00. The van der Waals surface area contributed by atoms with Crippen LogP contribution in [-0.4, -0.2) is 19.5 Å². The third kappa shape index (κ3) is 2.96. The fourth-order valence-electron chi connectivity index (χ4n) is 3.26. The fourth-order valence-corrected chi connectivity index (χ4v) is 3.26. The van der Waals surface area contributed by atoms with Crippen LogP contribution < -0.4 is 10.5 Å². The van der Waals surface area contributed by atoms with Crippen LogP contribution in [0.1, 0.15) is 30.8 Å². The second kappa shape index (κ2) is 6.21. The Hall–Kier alpha value is -3.19. The molecule has 0 unspecified atom stereocenters. The maximum Gasteiger partial charge on any atom is 0.258 e. The Labute approximate surface area is 155 Å². The highest BCUT2D eigenvalue weighted by Gasteiger charge is 2.39. The van der Waals surface area contributed by atoms with Gasteiger partial charge in [-0.3, -0.25) is 0 Å². The van der Waals surface area contributed by atoms with Crippen LogP contribution >= 0.6 is 0 Å². The summed E-state index contributed by atoms with van der Waals surface area (Å²) in [5, 5.41) is 4.07. The minimum absolute atomic E-state index is 0.381. The average Bonchev–Trinajstić information content (AvgIpc) is 3.32. The molecule has 0 radical (unpaired) electrons. The Bertz CT molecular complexity index is 1060. The van der Waals surface area contributed by atoms with Gasteiger partial charge in [0, 0.05) is 18.0 Å². The van der Waals surface area contributed by atoms with Gasteiger partial charge < -0.3 is 19.4 Å². The van der Waals surface area contributed by atoms with Crippen molar-refractivity contribution < 1.29 is 9.26 Å². The van der Waals surface area contributed by atoms with Crippen molar-refractivity contribution in [3.8, 4) is 17.2 Å². The van der Waals surface area contributed by atoms with E-state index in [1.807, 2.05) is 59.3 Å². The molecule has 1 aliphatic rings. The fraction of sp³-hybridized carbons (Fsp3) is 0.250. The van der Waals surface area contributed by atoms with Gasteiger partial charge in [-0.1, -0.05) is 17.3 Å². The molecule has 4 aromatic rings. The lowest BCUT2D eigenvalue weighted by atomic mass is 9.77. The largest absolute Gasteiger partial charge is 0.487 e. The van der Waals surface area contributed by atoms with E-state index in [-0.39, 0.29) is 0 Å². The van der Waals surface area contributed by atoms with E-state index in [9.17, 15) is 0 Å². The first-order chi connectivity index (χ1) is 13.2. The highest BCUT2D eigenvalue weighted by Crippen LogP contribution is 2.37. The van der Waals surface area contributed by atoms with E-state index in [1.54, 1.807) is 0 Å². The van der Waals surface area contributed by atoms with Crippen LogP contribution in [0, 0.1) is 0 Å². The Kier molecular flexibility index (Phi) is 3.68. The lowest BCUT2D eigenvalue weighted by molar-refractivity contribution is 0.229. The van der Waals surface area contributed by atoms with E-state index >= 15 is 0 Å². The topological polar surface area (TPSA) is 91.5 Å². The van der Waals surface area contributed by atoms with E-state index in [1.165, 1.54) is 0 Å². The Morgan fingerprint density at radius 2 is 2.07 bits per heavy atom. The normalized spacial score (nSPS) is 15.6. The number of rotatable bonds is 5. The summed E-state index contributed by atoms with van der Waals surface area (Å²) in [6.07, 6.45) is 6.82. The molecule has 1 aromatic carbocycles. The van der Waals surface area contributed by atoms with Crippen LogP contribution in [0.4, 0.5) is 0 Å². The average molecular weight is 361 g/mol. The molecule has 136 valence electrons. The smallest absolute Gasteiger partial charge is 0.258 e. The molecule has 1 fully saturated rings. The molecule has 0 amide bonds. The van der Waals surface area contributed by atoms with Gasteiger partial charge in [0.05, 0.1) is 11.2 Å². The van der Waals surface area contributed by atoms with Gasteiger partial charge in [-0.25, -0.2) is 4.98 Å². The number of hydrogen-bond donors (Lipinski definition) is 1. The van der Waals surface area contributed by atoms with Gasteiger partial charge >= 0.3 is 0 Å². The van der Waals surface area contributed by atoms with Crippen LogP contribution in [0.25, 0.3) is 17.1 Å². The van der Waals surface area contributed by atoms with E-state index in [0.717, 1.165) is 41.9 Å². The highest BCUT2D eigenvalue weighted by atomic mass is 16.5. The van der Waals surface area contributed by atoms with Crippen LogP contribution in [0.15, 0.2) is 59.4 Å². The molecule has 27 heavy (non-hydrogen) atoms. The minimum atomic E-state index is -0.432. The van der Waals surface area contributed by atoms with Crippen molar-refractivity contribution in [3.63, 3.8) is 0 Å². The summed E-state index contributed by atoms with van der Waals surface area (Å²) < 4.78 is 13.3. The molecule has 2 N–H and O–H groups in total. The van der Waals surface area contributed by atoms with Crippen LogP contribution in [-0.2, 0) is 12.1 Å². The zero-order valence-corrected chi connectivity index (χ0v) is 14.7. The van der Waals surface area contributed by atoms with E-state index in [4.69, 9.17) is 15.0 Å². The van der Waals surface area contributed by atoms with Gasteiger partial charge in [0.15, 0.2) is 5.82 Å². The van der Waals surface area contributed by atoms with Crippen molar-refractivity contribution in [1.29, 1.82) is 0 Å². The lowest BCUT2D eigenvalue weighted by Crippen LogP contribution is -2.44. The van der Waals surface area contributed by atoms with Crippen molar-refractivity contribution in [3.05, 3.63) is 66.4 Å². The quantitative estimate of drug-likeness (QED) is 0.586. The van der Waals surface area contributed by atoms with Crippen LogP contribution in [0.2, 0.25) is 0 Å². The summed E-state index contributed by atoms with van der Waals surface area (Å²) in [5.41, 5.74) is 8.41. The molecule has 0 aliphatic heterocycles. The van der Waals surface area contributed by atoms with Crippen molar-refractivity contribution in [2.75, 3.05) is 0 Å². The maximum atomic E-state index is 6.27. The zero-order valence-electron chi connectivity index (χ0n) is 14.7. The van der Waals surface area contributed by atoms with Gasteiger partial charge in [0.1, 0.15) is 18.0 Å². The Balaban J connectivity index is 1.33. The molecule has 0 atom stereocenters.